The number of benzene rings is 1. The number of fused-ring (bicyclic) bond motifs is 1. The Hall–Kier alpha value is -3.40. The van der Waals surface area contributed by atoms with Gasteiger partial charge >= 0.3 is 12.0 Å². The SMILES string of the molecule is CCCCOc1nc(N)c2nc(OC)n(CCCCN3CCC(Cc4ccc(C(=O)OC)cc4)CC3)c2n1. The number of aryl methyl sites for hydroxylation is 1. The second-order valence-corrected chi connectivity index (χ2v) is 9.90. The van der Waals surface area contributed by atoms with Gasteiger partial charge in [0, 0.05) is 6.54 Å². The van der Waals surface area contributed by atoms with Gasteiger partial charge in [-0.1, -0.05) is 25.5 Å². The Morgan fingerprint density at radius 2 is 1.76 bits per heavy atom. The molecule has 10 nitrogen and oxygen atoms in total. The van der Waals surface area contributed by atoms with E-state index >= 15 is 0 Å². The first-order chi connectivity index (χ1) is 18.5. The van der Waals surface area contributed by atoms with Gasteiger partial charge in [0.15, 0.2) is 17.0 Å². The Balaban J connectivity index is 1.24. The number of imidazole rings is 1. The molecule has 10 heteroatoms. The molecule has 2 aromatic heterocycles. The van der Waals surface area contributed by atoms with E-state index in [4.69, 9.17) is 19.9 Å². The molecule has 1 aliphatic rings. The topological polar surface area (TPSA) is 118 Å². The van der Waals surface area contributed by atoms with Gasteiger partial charge in [0.1, 0.15) is 0 Å². The van der Waals surface area contributed by atoms with E-state index in [-0.39, 0.29) is 12.0 Å². The van der Waals surface area contributed by atoms with Crippen molar-refractivity contribution in [1.29, 1.82) is 0 Å². The Kier molecular flexibility index (Phi) is 9.75. The number of unbranched alkanes of at least 4 members (excludes halogenated alkanes) is 2. The fourth-order valence-corrected chi connectivity index (χ4v) is 4.96. The average molecular weight is 525 g/mol. The summed E-state index contributed by atoms with van der Waals surface area (Å²) in [6, 6.07) is 8.59. The molecule has 4 rings (SSSR count). The summed E-state index contributed by atoms with van der Waals surface area (Å²) < 4.78 is 18.0. The molecule has 1 aliphatic heterocycles. The summed E-state index contributed by atoms with van der Waals surface area (Å²) in [5, 5.41) is 0. The summed E-state index contributed by atoms with van der Waals surface area (Å²) in [6.07, 6.45) is 7.45. The zero-order chi connectivity index (χ0) is 26.9. The molecule has 0 aliphatic carbocycles. The summed E-state index contributed by atoms with van der Waals surface area (Å²) in [6.45, 7) is 6.71. The van der Waals surface area contributed by atoms with Crippen molar-refractivity contribution in [3.8, 4) is 12.0 Å². The zero-order valence-corrected chi connectivity index (χ0v) is 22.8. The number of likely N-dealkylation sites (tertiary alicyclic amines) is 1. The van der Waals surface area contributed by atoms with Crippen LogP contribution in [0.3, 0.4) is 0 Å². The lowest BCUT2D eigenvalue weighted by Gasteiger charge is -2.32. The number of anilines is 1. The first kappa shape index (κ1) is 27.6. The number of carbonyl (C=O) groups excluding carboxylic acids is 1. The lowest BCUT2D eigenvalue weighted by Crippen LogP contribution is -2.35. The van der Waals surface area contributed by atoms with E-state index in [0.717, 1.165) is 58.3 Å². The van der Waals surface area contributed by atoms with Gasteiger partial charge in [-0.25, -0.2) is 4.79 Å². The Morgan fingerprint density at radius 3 is 2.45 bits per heavy atom. The molecule has 38 heavy (non-hydrogen) atoms. The summed E-state index contributed by atoms with van der Waals surface area (Å²) >= 11 is 0. The number of carbonyl (C=O) groups is 1. The van der Waals surface area contributed by atoms with Crippen LogP contribution in [-0.2, 0) is 17.7 Å². The molecule has 2 N–H and O–H groups in total. The summed E-state index contributed by atoms with van der Waals surface area (Å²) in [5.41, 5.74) is 9.23. The van der Waals surface area contributed by atoms with E-state index in [1.807, 2.05) is 28.8 Å². The number of aromatic nitrogens is 4. The molecule has 3 heterocycles. The van der Waals surface area contributed by atoms with Crippen LogP contribution in [-0.4, -0.2) is 70.8 Å². The maximum absolute atomic E-state index is 11.6. The normalized spacial score (nSPS) is 14.6. The molecule has 0 atom stereocenters. The monoisotopic (exact) mass is 524 g/mol. The molecule has 0 saturated carbocycles. The quantitative estimate of drug-likeness (QED) is 0.260. The van der Waals surface area contributed by atoms with E-state index in [0.29, 0.717) is 41.1 Å². The molecule has 3 aromatic rings. The minimum atomic E-state index is -0.289. The van der Waals surface area contributed by atoms with Crippen molar-refractivity contribution in [2.24, 2.45) is 5.92 Å². The molecule has 0 unspecified atom stereocenters. The molecule has 206 valence electrons. The highest BCUT2D eigenvalue weighted by atomic mass is 16.5. The highest BCUT2D eigenvalue weighted by Gasteiger charge is 2.21. The highest BCUT2D eigenvalue weighted by molar-refractivity contribution is 5.89. The fourth-order valence-electron chi connectivity index (χ4n) is 4.96. The van der Waals surface area contributed by atoms with E-state index in [1.54, 1.807) is 7.11 Å². The van der Waals surface area contributed by atoms with Gasteiger partial charge in [0.2, 0.25) is 0 Å². The molecule has 1 saturated heterocycles. The van der Waals surface area contributed by atoms with E-state index in [9.17, 15) is 4.79 Å². The van der Waals surface area contributed by atoms with Crippen LogP contribution in [0.25, 0.3) is 11.2 Å². The summed E-state index contributed by atoms with van der Waals surface area (Å²) in [4.78, 5) is 27.5. The first-order valence-electron chi connectivity index (χ1n) is 13.6. The number of nitrogens with zero attached hydrogens (tertiary/aromatic N) is 5. The van der Waals surface area contributed by atoms with E-state index in [1.165, 1.54) is 25.5 Å². The molecule has 1 fully saturated rings. The van der Waals surface area contributed by atoms with Gasteiger partial charge in [0.05, 0.1) is 26.4 Å². The van der Waals surface area contributed by atoms with Crippen LogP contribution < -0.4 is 15.2 Å². The second-order valence-electron chi connectivity index (χ2n) is 9.90. The van der Waals surface area contributed by atoms with Crippen LogP contribution in [0.1, 0.15) is 61.4 Å². The van der Waals surface area contributed by atoms with Crippen LogP contribution in [0.15, 0.2) is 24.3 Å². The number of nitrogen functional groups attached to an aromatic ring is 1. The standard InChI is InChI=1S/C28H40N6O4/c1-4-5-18-38-27-31-24(29)23-25(32-27)34(28(30-23)37-3)15-7-6-14-33-16-12-21(13-17-33)19-20-8-10-22(11-9-20)26(35)36-2/h8-11,21H,4-7,12-19H2,1-3H3,(H2,29,31,32). The van der Waals surface area contributed by atoms with Crippen molar-refractivity contribution in [2.75, 3.05) is 46.2 Å². The van der Waals surface area contributed by atoms with Crippen molar-refractivity contribution >= 4 is 23.0 Å². The molecule has 1 aromatic carbocycles. The second kappa shape index (κ2) is 13.4. The summed E-state index contributed by atoms with van der Waals surface area (Å²) in [7, 11) is 3.02. The van der Waals surface area contributed by atoms with E-state index < -0.39 is 0 Å². The first-order valence-corrected chi connectivity index (χ1v) is 13.6. The fraction of sp³-hybridized carbons (Fsp3) is 0.571. The maximum atomic E-state index is 11.6. The number of esters is 1. The number of nitrogens with two attached hydrogens (primary N) is 1. The highest BCUT2D eigenvalue weighted by Crippen LogP contribution is 2.26. The molecular weight excluding hydrogens is 484 g/mol. The van der Waals surface area contributed by atoms with E-state index in [2.05, 4.69) is 26.8 Å². The predicted molar refractivity (Wildman–Crippen MR) is 147 cm³/mol. The van der Waals surface area contributed by atoms with Crippen molar-refractivity contribution in [2.45, 2.75) is 58.4 Å². The summed E-state index contributed by atoms with van der Waals surface area (Å²) in [5.74, 6) is 0.694. The number of ether oxygens (including phenoxy) is 3. The maximum Gasteiger partial charge on any atom is 0.337 e. The molecule has 0 radical (unpaired) electrons. The van der Waals surface area contributed by atoms with Crippen LogP contribution in [0, 0.1) is 5.92 Å². The molecular formula is C28H40N6O4. The number of hydrogen-bond donors (Lipinski definition) is 1. The number of hydrogen-bond acceptors (Lipinski definition) is 9. The minimum Gasteiger partial charge on any atom is -0.468 e. The van der Waals surface area contributed by atoms with Gasteiger partial charge in [-0.3, -0.25) is 4.57 Å². The van der Waals surface area contributed by atoms with Crippen LogP contribution in [0.2, 0.25) is 0 Å². The van der Waals surface area contributed by atoms with Gasteiger partial charge < -0.3 is 24.8 Å². The Labute approximate surface area is 224 Å². The smallest absolute Gasteiger partial charge is 0.337 e. The largest absolute Gasteiger partial charge is 0.468 e. The number of piperidine rings is 1. The molecule has 0 amide bonds. The molecule has 0 spiro atoms. The lowest BCUT2D eigenvalue weighted by molar-refractivity contribution is 0.0600. The number of methoxy groups -OCH3 is 2. The molecule has 0 bridgehead atoms. The third-order valence-corrected chi connectivity index (χ3v) is 7.19. The lowest BCUT2D eigenvalue weighted by atomic mass is 9.90. The van der Waals surface area contributed by atoms with Crippen LogP contribution >= 0.6 is 0 Å². The van der Waals surface area contributed by atoms with Crippen molar-refractivity contribution < 1.29 is 19.0 Å². The Bertz CT molecular complexity index is 1190. The average Bonchev–Trinajstić information content (AvgIpc) is 3.30. The zero-order valence-electron chi connectivity index (χ0n) is 22.8. The van der Waals surface area contributed by atoms with Crippen LogP contribution in [0.5, 0.6) is 12.0 Å². The number of rotatable bonds is 13. The third kappa shape index (κ3) is 6.92. The van der Waals surface area contributed by atoms with Gasteiger partial charge in [-0.15, -0.1) is 0 Å². The van der Waals surface area contributed by atoms with Gasteiger partial charge in [-0.2, -0.15) is 15.0 Å². The van der Waals surface area contributed by atoms with Crippen LogP contribution in [0.4, 0.5) is 5.82 Å². The van der Waals surface area contributed by atoms with Crippen molar-refractivity contribution in [3.05, 3.63) is 35.4 Å². The van der Waals surface area contributed by atoms with Crippen molar-refractivity contribution in [3.63, 3.8) is 0 Å². The Morgan fingerprint density at radius 1 is 1.03 bits per heavy atom. The van der Waals surface area contributed by atoms with Gasteiger partial charge in [0.25, 0.3) is 6.01 Å². The van der Waals surface area contributed by atoms with Gasteiger partial charge in [-0.05, 0) is 81.8 Å². The van der Waals surface area contributed by atoms with Crippen molar-refractivity contribution in [1.82, 2.24) is 24.4 Å². The predicted octanol–water partition coefficient (Wildman–Crippen LogP) is 4.12. The minimum absolute atomic E-state index is 0.287. The third-order valence-electron chi connectivity index (χ3n) is 7.19.